The van der Waals surface area contributed by atoms with Crippen LogP contribution in [0, 0.1) is 0 Å². The lowest BCUT2D eigenvalue weighted by Gasteiger charge is -2.06. The Labute approximate surface area is 75.4 Å². The van der Waals surface area contributed by atoms with E-state index in [0.717, 1.165) is 6.42 Å². The number of carbonyl (C=O) groups excluding carboxylic acids is 1. The summed E-state index contributed by atoms with van der Waals surface area (Å²) in [5, 5.41) is 2.64. The van der Waals surface area contributed by atoms with Gasteiger partial charge in [-0.15, -0.1) is 0 Å². The van der Waals surface area contributed by atoms with Crippen LogP contribution in [0.5, 0.6) is 0 Å². The predicted octanol–water partition coefficient (Wildman–Crippen LogP) is -0.782. The zero-order valence-corrected chi connectivity index (χ0v) is 8.32. The Hall–Kier alpha value is -0.420. The third kappa shape index (κ3) is 6.30. The van der Waals surface area contributed by atoms with Crippen LogP contribution < -0.4 is 11.1 Å². The van der Waals surface area contributed by atoms with Gasteiger partial charge in [0, 0.05) is 29.4 Å². The predicted molar refractivity (Wildman–Crippen MR) is 50.2 cm³/mol. The highest BCUT2D eigenvalue weighted by molar-refractivity contribution is 7.84. The maximum atomic E-state index is 10.9. The zero-order valence-electron chi connectivity index (χ0n) is 7.50. The van der Waals surface area contributed by atoms with Crippen LogP contribution >= 0.6 is 0 Å². The molecule has 0 aromatic heterocycles. The average molecular weight is 192 g/mol. The first kappa shape index (κ1) is 11.6. The van der Waals surface area contributed by atoms with Crippen molar-refractivity contribution in [2.24, 2.45) is 5.73 Å². The second-order valence-corrected chi connectivity index (χ2v) is 4.27. The summed E-state index contributed by atoms with van der Waals surface area (Å²) in [6.07, 6.45) is 2.38. The summed E-state index contributed by atoms with van der Waals surface area (Å²) in [5.41, 5.74) is 5.31. The minimum atomic E-state index is -0.774. The molecule has 0 rings (SSSR count). The Morgan fingerprint density at radius 1 is 1.67 bits per heavy atom. The maximum Gasteiger partial charge on any atom is 0.236 e. The largest absolute Gasteiger partial charge is 0.355 e. The number of hydrogen-bond donors (Lipinski definition) is 2. The fraction of sp³-hybridized carbons (Fsp3) is 0.857. The van der Waals surface area contributed by atoms with Crippen LogP contribution in [0.25, 0.3) is 0 Å². The van der Waals surface area contributed by atoms with Gasteiger partial charge in [0.25, 0.3) is 0 Å². The van der Waals surface area contributed by atoms with Crippen molar-refractivity contribution < 1.29 is 9.00 Å². The number of nitrogens with two attached hydrogens (primary N) is 1. The van der Waals surface area contributed by atoms with Gasteiger partial charge in [-0.1, -0.05) is 0 Å². The summed E-state index contributed by atoms with van der Waals surface area (Å²) >= 11 is 0. The van der Waals surface area contributed by atoms with Crippen LogP contribution in [0.1, 0.15) is 13.3 Å². The van der Waals surface area contributed by atoms with Crippen molar-refractivity contribution >= 4 is 16.7 Å². The molecule has 0 fully saturated rings. The monoisotopic (exact) mass is 192 g/mol. The molecular formula is C7H16N2O2S. The van der Waals surface area contributed by atoms with Crippen LogP contribution in [0.3, 0.4) is 0 Å². The Morgan fingerprint density at radius 3 is 2.67 bits per heavy atom. The van der Waals surface area contributed by atoms with Gasteiger partial charge >= 0.3 is 0 Å². The molecule has 0 saturated carbocycles. The van der Waals surface area contributed by atoms with Gasteiger partial charge in [-0.2, -0.15) is 0 Å². The standard InChI is InChI=1S/C7H16N2O2S/c1-6(8)7(10)9-4-3-5-12(2)11/h6H,3-5,8H2,1-2H3,(H,9,10)/t6-,12?/m1/s1. The van der Waals surface area contributed by atoms with Crippen LogP contribution in [0.2, 0.25) is 0 Å². The first-order chi connectivity index (χ1) is 5.54. The van der Waals surface area contributed by atoms with Crippen LogP contribution in [-0.2, 0) is 15.6 Å². The van der Waals surface area contributed by atoms with Gasteiger partial charge in [0.15, 0.2) is 0 Å². The van der Waals surface area contributed by atoms with Gasteiger partial charge in [0.1, 0.15) is 0 Å². The summed E-state index contributed by atoms with van der Waals surface area (Å²) < 4.78 is 10.6. The van der Waals surface area contributed by atoms with E-state index in [4.69, 9.17) is 5.73 Å². The molecule has 0 radical (unpaired) electrons. The summed E-state index contributed by atoms with van der Waals surface area (Å²) in [6, 6.07) is -0.461. The molecule has 4 nitrogen and oxygen atoms in total. The molecule has 0 spiro atoms. The molecule has 1 unspecified atom stereocenters. The highest BCUT2D eigenvalue weighted by Crippen LogP contribution is 1.82. The molecule has 0 aromatic rings. The quantitative estimate of drug-likeness (QED) is 0.561. The highest BCUT2D eigenvalue weighted by Gasteiger charge is 2.04. The molecule has 0 heterocycles. The summed E-state index contributed by atoms with van der Waals surface area (Å²) in [5.74, 6) is 0.469. The Morgan fingerprint density at radius 2 is 2.25 bits per heavy atom. The topological polar surface area (TPSA) is 72.2 Å². The van der Waals surface area contributed by atoms with E-state index in [9.17, 15) is 9.00 Å². The third-order valence-electron chi connectivity index (χ3n) is 1.32. The summed E-state index contributed by atoms with van der Waals surface area (Å²) in [4.78, 5) is 10.9. The highest BCUT2D eigenvalue weighted by atomic mass is 32.2. The molecule has 0 aromatic carbocycles. The van der Waals surface area contributed by atoms with Crippen LogP contribution in [-0.4, -0.2) is 34.7 Å². The van der Waals surface area contributed by atoms with Crippen LogP contribution in [0.4, 0.5) is 0 Å². The fourth-order valence-electron chi connectivity index (χ4n) is 0.648. The Bertz CT molecular complexity index is 171. The van der Waals surface area contributed by atoms with Gasteiger partial charge < -0.3 is 11.1 Å². The smallest absolute Gasteiger partial charge is 0.236 e. The first-order valence-electron chi connectivity index (χ1n) is 3.87. The lowest BCUT2D eigenvalue weighted by atomic mass is 10.3. The van der Waals surface area contributed by atoms with E-state index in [1.165, 1.54) is 0 Å². The third-order valence-corrected chi connectivity index (χ3v) is 2.18. The molecule has 0 saturated heterocycles. The van der Waals surface area contributed by atoms with Crippen molar-refractivity contribution in [1.29, 1.82) is 0 Å². The molecular weight excluding hydrogens is 176 g/mol. The van der Waals surface area contributed by atoms with Crippen molar-refractivity contribution in [2.45, 2.75) is 19.4 Å². The van der Waals surface area contributed by atoms with Gasteiger partial charge in [-0.3, -0.25) is 9.00 Å². The van der Waals surface area contributed by atoms with E-state index in [1.54, 1.807) is 13.2 Å². The molecule has 0 aliphatic carbocycles. The number of hydrogen-bond acceptors (Lipinski definition) is 3. The van der Waals surface area contributed by atoms with Crippen molar-refractivity contribution in [2.75, 3.05) is 18.6 Å². The van der Waals surface area contributed by atoms with E-state index in [-0.39, 0.29) is 5.91 Å². The molecule has 0 bridgehead atoms. The second kappa shape index (κ2) is 6.14. The SMILES string of the molecule is C[C@@H](N)C(=O)NCCCS(C)=O. The van der Waals surface area contributed by atoms with Gasteiger partial charge in [-0.05, 0) is 13.3 Å². The lowest BCUT2D eigenvalue weighted by Crippen LogP contribution is -2.38. The van der Waals surface area contributed by atoms with E-state index in [1.807, 2.05) is 0 Å². The van der Waals surface area contributed by atoms with Crippen LogP contribution in [0.15, 0.2) is 0 Å². The zero-order chi connectivity index (χ0) is 9.56. The van der Waals surface area contributed by atoms with Crippen molar-refractivity contribution in [3.05, 3.63) is 0 Å². The number of carbonyl (C=O) groups is 1. The number of nitrogens with one attached hydrogen (secondary N) is 1. The average Bonchev–Trinajstić information content (AvgIpc) is 1.97. The second-order valence-electron chi connectivity index (χ2n) is 2.71. The molecule has 72 valence electrons. The first-order valence-corrected chi connectivity index (χ1v) is 5.60. The fourth-order valence-corrected chi connectivity index (χ4v) is 1.20. The number of amides is 1. The van der Waals surface area contributed by atoms with E-state index in [2.05, 4.69) is 5.32 Å². The van der Waals surface area contributed by atoms with E-state index >= 15 is 0 Å². The summed E-state index contributed by atoms with van der Waals surface area (Å²) in [6.45, 7) is 2.19. The van der Waals surface area contributed by atoms with Gasteiger partial charge in [-0.25, -0.2) is 0 Å². The molecule has 0 aliphatic rings. The van der Waals surface area contributed by atoms with Gasteiger partial charge in [0.2, 0.25) is 5.91 Å². The Balaban J connectivity index is 3.32. The normalized spacial score (nSPS) is 15.2. The minimum Gasteiger partial charge on any atom is -0.355 e. The lowest BCUT2D eigenvalue weighted by molar-refractivity contribution is -0.121. The molecule has 0 aliphatic heterocycles. The van der Waals surface area contributed by atoms with E-state index in [0.29, 0.717) is 12.3 Å². The minimum absolute atomic E-state index is 0.156. The molecule has 2 atom stereocenters. The van der Waals surface area contributed by atoms with Crippen molar-refractivity contribution in [3.63, 3.8) is 0 Å². The van der Waals surface area contributed by atoms with Crippen molar-refractivity contribution in [3.8, 4) is 0 Å². The summed E-state index contributed by atoms with van der Waals surface area (Å²) in [7, 11) is -0.774. The molecule has 3 N–H and O–H groups in total. The van der Waals surface area contributed by atoms with E-state index < -0.39 is 16.8 Å². The van der Waals surface area contributed by atoms with Crippen molar-refractivity contribution in [1.82, 2.24) is 5.32 Å². The Kier molecular flexibility index (Phi) is 5.92. The number of rotatable bonds is 5. The van der Waals surface area contributed by atoms with Gasteiger partial charge in [0.05, 0.1) is 6.04 Å². The molecule has 12 heavy (non-hydrogen) atoms. The molecule has 1 amide bonds. The molecule has 5 heteroatoms. The maximum absolute atomic E-state index is 10.9.